The number of pyridine rings is 1. The fraction of sp³-hybridized carbons (Fsp3) is 0.0714. The summed E-state index contributed by atoms with van der Waals surface area (Å²) in [5, 5.41) is 0. The molecule has 0 spiro atoms. The van der Waals surface area contributed by atoms with E-state index in [1.165, 1.54) is 4.90 Å². The zero-order valence-corrected chi connectivity index (χ0v) is 9.95. The van der Waals surface area contributed by atoms with Gasteiger partial charge in [-0.2, -0.15) is 0 Å². The SMILES string of the molecule is C#CCN1c2ccccc2Sc2cccnc21. The van der Waals surface area contributed by atoms with Crippen LogP contribution in [0.2, 0.25) is 0 Å². The van der Waals surface area contributed by atoms with Gasteiger partial charge in [-0.3, -0.25) is 0 Å². The number of hydrogen-bond acceptors (Lipinski definition) is 3. The van der Waals surface area contributed by atoms with E-state index in [2.05, 4.69) is 34.0 Å². The number of para-hydroxylation sites is 1. The number of aromatic nitrogens is 1. The minimum absolute atomic E-state index is 0.543. The average molecular weight is 238 g/mol. The zero-order valence-electron chi connectivity index (χ0n) is 9.13. The van der Waals surface area contributed by atoms with E-state index in [0.717, 1.165) is 16.4 Å². The van der Waals surface area contributed by atoms with Crippen molar-refractivity contribution in [1.82, 2.24) is 4.98 Å². The van der Waals surface area contributed by atoms with Crippen LogP contribution in [0, 0.1) is 12.3 Å². The van der Waals surface area contributed by atoms with Gasteiger partial charge < -0.3 is 4.90 Å². The molecule has 1 aliphatic rings. The molecule has 0 aliphatic carbocycles. The third-order valence-corrected chi connectivity index (χ3v) is 3.74. The third kappa shape index (κ3) is 1.67. The second kappa shape index (κ2) is 4.15. The van der Waals surface area contributed by atoms with E-state index in [1.807, 2.05) is 18.2 Å². The molecule has 0 amide bonds. The van der Waals surface area contributed by atoms with Gasteiger partial charge in [-0.1, -0.05) is 29.8 Å². The number of benzene rings is 1. The molecule has 3 heteroatoms. The molecule has 3 rings (SSSR count). The highest BCUT2D eigenvalue weighted by Gasteiger charge is 2.22. The summed E-state index contributed by atoms with van der Waals surface area (Å²) in [5.74, 6) is 3.65. The molecule has 0 atom stereocenters. The topological polar surface area (TPSA) is 16.1 Å². The summed E-state index contributed by atoms with van der Waals surface area (Å²) < 4.78 is 0. The Kier molecular flexibility index (Phi) is 2.50. The molecule has 0 saturated heterocycles. The molecule has 1 aromatic carbocycles. The fourth-order valence-electron chi connectivity index (χ4n) is 1.91. The van der Waals surface area contributed by atoms with E-state index in [4.69, 9.17) is 6.42 Å². The van der Waals surface area contributed by atoms with Crippen molar-refractivity contribution >= 4 is 23.3 Å². The minimum atomic E-state index is 0.543. The molecule has 1 aliphatic heterocycles. The first-order valence-electron chi connectivity index (χ1n) is 5.33. The van der Waals surface area contributed by atoms with Crippen LogP contribution in [0.25, 0.3) is 0 Å². The molecule has 0 saturated carbocycles. The van der Waals surface area contributed by atoms with Gasteiger partial charge in [0.25, 0.3) is 0 Å². The number of anilines is 2. The number of nitrogens with zero attached hydrogens (tertiary/aromatic N) is 2. The van der Waals surface area contributed by atoms with Crippen molar-refractivity contribution in [3.05, 3.63) is 42.6 Å². The highest BCUT2D eigenvalue weighted by atomic mass is 32.2. The monoisotopic (exact) mass is 238 g/mol. The van der Waals surface area contributed by atoms with E-state index >= 15 is 0 Å². The number of rotatable bonds is 1. The van der Waals surface area contributed by atoms with E-state index in [-0.39, 0.29) is 0 Å². The van der Waals surface area contributed by atoms with Crippen molar-refractivity contribution in [2.24, 2.45) is 0 Å². The predicted molar refractivity (Wildman–Crippen MR) is 70.6 cm³/mol. The Hall–Kier alpha value is -1.92. The van der Waals surface area contributed by atoms with Crippen molar-refractivity contribution in [1.29, 1.82) is 0 Å². The van der Waals surface area contributed by atoms with Crippen LogP contribution in [-0.4, -0.2) is 11.5 Å². The second-order valence-corrected chi connectivity index (χ2v) is 4.77. The first-order valence-corrected chi connectivity index (χ1v) is 6.14. The molecular formula is C14H10N2S. The molecule has 0 unspecified atom stereocenters. The molecule has 0 radical (unpaired) electrons. The summed E-state index contributed by atoms with van der Waals surface area (Å²) >= 11 is 1.74. The zero-order chi connectivity index (χ0) is 11.7. The Morgan fingerprint density at radius 2 is 2.00 bits per heavy atom. The lowest BCUT2D eigenvalue weighted by atomic mass is 10.2. The van der Waals surface area contributed by atoms with Gasteiger partial charge in [0.1, 0.15) is 5.82 Å². The first-order chi connectivity index (χ1) is 8.40. The fourth-order valence-corrected chi connectivity index (χ4v) is 2.98. The Morgan fingerprint density at radius 1 is 1.18 bits per heavy atom. The Bertz CT molecular complexity index is 556. The van der Waals surface area contributed by atoms with Gasteiger partial charge in [-0.15, -0.1) is 6.42 Å². The molecule has 2 nitrogen and oxygen atoms in total. The molecule has 2 heterocycles. The lowest BCUT2D eigenvalue weighted by Crippen LogP contribution is -2.21. The summed E-state index contributed by atoms with van der Waals surface area (Å²) in [5.41, 5.74) is 1.14. The van der Waals surface area contributed by atoms with E-state index in [1.54, 1.807) is 18.0 Å². The van der Waals surface area contributed by atoms with Gasteiger partial charge in [0.2, 0.25) is 0 Å². The summed E-state index contributed by atoms with van der Waals surface area (Å²) in [6.07, 6.45) is 7.25. The lowest BCUT2D eigenvalue weighted by molar-refractivity contribution is 0.999. The largest absolute Gasteiger partial charge is 0.313 e. The molecule has 2 aromatic rings. The van der Waals surface area contributed by atoms with Crippen LogP contribution in [-0.2, 0) is 0 Å². The first kappa shape index (κ1) is 10.2. The van der Waals surface area contributed by atoms with Crippen molar-refractivity contribution in [3.8, 4) is 12.3 Å². The van der Waals surface area contributed by atoms with Gasteiger partial charge in [0.15, 0.2) is 0 Å². The lowest BCUT2D eigenvalue weighted by Gasteiger charge is -2.29. The van der Waals surface area contributed by atoms with Crippen molar-refractivity contribution < 1.29 is 0 Å². The molecule has 82 valence electrons. The predicted octanol–water partition coefficient (Wildman–Crippen LogP) is 3.32. The molecule has 1 aromatic heterocycles. The van der Waals surface area contributed by atoms with Gasteiger partial charge >= 0.3 is 0 Å². The maximum atomic E-state index is 5.45. The summed E-state index contributed by atoms with van der Waals surface area (Å²) in [4.78, 5) is 8.89. The molecule has 17 heavy (non-hydrogen) atoms. The minimum Gasteiger partial charge on any atom is -0.313 e. The van der Waals surface area contributed by atoms with E-state index in [9.17, 15) is 0 Å². The summed E-state index contributed by atoms with van der Waals surface area (Å²) in [7, 11) is 0. The number of fused-ring (bicyclic) bond motifs is 2. The smallest absolute Gasteiger partial charge is 0.147 e. The highest BCUT2D eigenvalue weighted by Crippen LogP contribution is 2.46. The maximum absolute atomic E-state index is 5.45. The van der Waals surface area contributed by atoms with E-state index < -0.39 is 0 Å². The van der Waals surface area contributed by atoms with Crippen molar-refractivity contribution in [2.75, 3.05) is 11.4 Å². The molecule has 0 fully saturated rings. The van der Waals surface area contributed by atoms with Crippen LogP contribution in [0.1, 0.15) is 0 Å². The van der Waals surface area contributed by atoms with Crippen molar-refractivity contribution in [3.63, 3.8) is 0 Å². The normalized spacial score (nSPS) is 12.5. The molecule has 0 bridgehead atoms. The summed E-state index contributed by atoms with van der Waals surface area (Å²) in [6.45, 7) is 0.543. The quantitative estimate of drug-likeness (QED) is 0.709. The Labute approximate surface area is 105 Å². The van der Waals surface area contributed by atoms with Gasteiger partial charge in [-0.25, -0.2) is 4.98 Å². The van der Waals surface area contributed by atoms with Crippen molar-refractivity contribution in [2.45, 2.75) is 9.79 Å². The van der Waals surface area contributed by atoms with Crippen LogP contribution in [0.15, 0.2) is 52.4 Å². The third-order valence-electron chi connectivity index (χ3n) is 2.63. The standard InChI is InChI=1S/C14H10N2S/c1-2-10-16-11-6-3-4-7-12(11)17-13-8-5-9-15-14(13)16/h1,3-9H,10H2. The van der Waals surface area contributed by atoms with Gasteiger partial charge in [0, 0.05) is 11.1 Å². The Morgan fingerprint density at radius 3 is 2.88 bits per heavy atom. The van der Waals surface area contributed by atoms with Crippen LogP contribution in [0.3, 0.4) is 0 Å². The maximum Gasteiger partial charge on any atom is 0.147 e. The molecular weight excluding hydrogens is 228 g/mol. The van der Waals surface area contributed by atoms with E-state index in [0.29, 0.717) is 6.54 Å². The molecule has 0 N–H and O–H groups in total. The van der Waals surface area contributed by atoms with Crippen LogP contribution < -0.4 is 4.90 Å². The average Bonchev–Trinajstić information content (AvgIpc) is 2.39. The second-order valence-electron chi connectivity index (χ2n) is 3.69. The summed E-state index contributed by atoms with van der Waals surface area (Å²) in [6, 6.07) is 12.3. The number of terminal acetylenes is 1. The van der Waals surface area contributed by atoms with Crippen LogP contribution in [0.4, 0.5) is 11.5 Å². The number of hydrogen-bond donors (Lipinski definition) is 0. The van der Waals surface area contributed by atoms with Crippen LogP contribution in [0.5, 0.6) is 0 Å². The van der Waals surface area contributed by atoms with Crippen LogP contribution >= 0.6 is 11.8 Å². The highest BCUT2D eigenvalue weighted by molar-refractivity contribution is 7.99. The Balaban J connectivity index is 2.18. The van der Waals surface area contributed by atoms with Gasteiger partial charge in [0.05, 0.1) is 17.1 Å². The van der Waals surface area contributed by atoms with Gasteiger partial charge in [-0.05, 0) is 24.3 Å².